The van der Waals surface area contributed by atoms with Crippen LogP contribution in [-0.4, -0.2) is 59.4 Å². The molecule has 2 atom stereocenters. The monoisotopic (exact) mass is 290 g/mol. The molecule has 21 heavy (non-hydrogen) atoms. The average molecular weight is 290 g/mol. The molecule has 0 unspecified atom stereocenters. The summed E-state index contributed by atoms with van der Waals surface area (Å²) in [6.07, 6.45) is 1.98. The molecule has 2 aliphatic heterocycles. The molecule has 0 aliphatic carbocycles. The summed E-state index contributed by atoms with van der Waals surface area (Å²) in [5.41, 5.74) is 0.924. The number of morpholine rings is 1. The Labute approximate surface area is 125 Å². The number of hydrogen-bond donors (Lipinski definition) is 0. The molecule has 0 N–H and O–H groups in total. The lowest BCUT2D eigenvalue weighted by atomic mass is 10.0. The van der Waals surface area contributed by atoms with Gasteiger partial charge in [-0.1, -0.05) is 0 Å². The second-order valence-corrected chi connectivity index (χ2v) is 5.79. The number of rotatable bonds is 1. The zero-order valence-electron chi connectivity index (χ0n) is 12.7. The van der Waals surface area contributed by atoms with Crippen LogP contribution in [0.2, 0.25) is 0 Å². The zero-order chi connectivity index (χ0) is 14.8. The first-order valence-corrected chi connectivity index (χ1v) is 7.59. The Morgan fingerprint density at radius 1 is 1.24 bits per heavy atom. The number of amides is 1. The molecular formula is C15H22N4O2. The molecule has 3 rings (SSSR count). The SMILES string of the molecule is CC(=O)N1CCO[C@H]2CCN(c3ccc(C)nn3)CC[C@@H]21. The fraction of sp³-hybridized carbons (Fsp3) is 0.667. The van der Waals surface area contributed by atoms with Crippen molar-refractivity contribution in [2.45, 2.75) is 38.8 Å². The highest BCUT2D eigenvalue weighted by Crippen LogP contribution is 2.25. The lowest BCUT2D eigenvalue weighted by Gasteiger charge is -2.39. The van der Waals surface area contributed by atoms with E-state index in [1.54, 1.807) is 6.92 Å². The van der Waals surface area contributed by atoms with Crippen LogP contribution in [0.15, 0.2) is 12.1 Å². The van der Waals surface area contributed by atoms with Crippen molar-refractivity contribution in [1.29, 1.82) is 0 Å². The normalized spacial score (nSPS) is 26.2. The van der Waals surface area contributed by atoms with Crippen molar-refractivity contribution in [2.75, 3.05) is 31.1 Å². The van der Waals surface area contributed by atoms with Gasteiger partial charge in [-0.25, -0.2) is 0 Å². The molecule has 2 fully saturated rings. The number of ether oxygens (including phenoxy) is 1. The van der Waals surface area contributed by atoms with Gasteiger partial charge in [0.25, 0.3) is 0 Å². The van der Waals surface area contributed by atoms with Crippen molar-refractivity contribution in [3.05, 3.63) is 17.8 Å². The maximum absolute atomic E-state index is 11.8. The van der Waals surface area contributed by atoms with Gasteiger partial charge in [0.05, 0.1) is 24.4 Å². The van der Waals surface area contributed by atoms with Gasteiger partial charge in [0.1, 0.15) is 0 Å². The Balaban J connectivity index is 1.73. The first-order chi connectivity index (χ1) is 10.1. The Kier molecular flexibility index (Phi) is 4.05. The first kappa shape index (κ1) is 14.3. The van der Waals surface area contributed by atoms with E-state index in [0.717, 1.165) is 37.4 Å². The highest BCUT2D eigenvalue weighted by atomic mass is 16.5. The van der Waals surface area contributed by atoms with Crippen LogP contribution < -0.4 is 4.90 Å². The van der Waals surface area contributed by atoms with Crippen molar-refractivity contribution in [3.63, 3.8) is 0 Å². The summed E-state index contributed by atoms with van der Waals surface area (Å²) >= 11 is 0. The predicted molar refractivity (Wildman–Crippen MR) is 79.1 cm³/mol. The van der Waals surface area contributed by atoms with E-state index >= 15 is 0 Å². The number of carbonyl (C=O) groups is 1. The number of hydrogen-bond acceptors (Lipinski definition) is 5. The molecule has 6 heteroatoms. The van der Waals surface area contributed by atoms with Gasteiger partial charge < -0.3 is 14.5 Å². The Bertz CT molecular complexity index is 505. The second-order valence-electron chi connectivity index (χ2n) is 5.79. The van der Waals surface area contributed by atoms with E-state index in [1.165, 1.54) is 0 Å². The van der Waals surface area contributed by atoms with Crippen LogP contribution in [0.25, 0.3) is 0 Å². The van der Waals surface area contributed by atoms with Crippen LogP contribution in [0.5, 0.6) is 0 Å². The number of anilines is 1. The molecule has 0 radical (unpaired) electrons. The molecule has 0 spiro atoms. The smallest absolute Gasteiger partial charge is 0.219 e. The third kappa shape index (κ3) is 3.00. The van der Waals surface area contributed by atoms with Crippen molar-refractivity contribution in [3.8, 4) is 0 Å². The number of carbonyl (C=O) groups excluding carboxylic acids is 1. The van der Waals surface area contributed by atoms with Crippen molar-refractivity contribution in [1.82, 2.24) is 15.1 Å². The summed E-state index contributed by atoms with van der Waals surface area (Å²) in [6.45, 7) is 6.71. The van der Waals surface area contributed by atoms with Crippen LogP contribution >= 0.6 is 0 Å². The molecule has 1 aromatic heterocycles. The minimum Gasteiger partial charge on any atom is -0.374 e. The van der Waals surface area contributed by atoms with Crippen molar-refractivity contribution in [2.24, 2.45) is 0 Å². The average Bonchev–Trinajstić information content (AvgIpc) is 2.70. The van der Waals surface area contributed by atoms with Gasteiger partial charge in [0, 0.05) is 26.6 Å². The fourth-order valence-electron chi connectivity index (χ4n) is 3.26. The summed E-state index contributed by atoms with van der Waals surface area (Å²) in [4.78, 5) is 16.0. The van der Waals surface area contributed by atoms with Gasteiger partial charge in [0.15, 0.2) is 5.82 Å². The number of aryl methyl sites for hydroxylation is 1. The van der Waals surface area contributed by atoms with E-state index in [-0.39, 0.29) is 18.1 Å². The molecule has 1 amide bonds. The molecule has 2 saturated heterocycles. The van der Waals surface area contributed by atoms with Gasteiger partial charge >= 0.3 is 0 Å². The predicted octanol–water partition coefficient (Wildman–Crippen LogP) is 1.00. The standard InChI is InChI=1S/C15H22N4O2/c1-11-3-4-15(17-16-11)18-7-5-13-14(6-8-18)21-10-9-19(13)12(2)20/h3-4,13-14H,5-10H2,1-2H3/t13-,14-/m0/s1. The molecule has 114 valence electrons. The van der Waals surface area contributed by atoms with Crippen LogP contribution in [0.3, 0.4) is 0 Å². The lowest BCUT2D eigenvalue weighted by Crippen LogP contribution is -2.52. The molecule has 0 saturated carbocycles. The van der Waals surface area contributed by atoms with E-state index in [0.29, 0.717) is 13.2 Å². The van der Waals surface area contributed by atoms with Crippen LogP contribution in [0.1, 0.15) is 25.5 Å². The highest BCUT2D eigenvalue weighted by Gasteiger charge is 2.36. The topological polar surface area (TPSA) is 58.6 Å². The first-order valence-electron chi connectivity index (χ1n) is 7.59. The highest BCUT2D eigenvalue weighted by molar-refractivity contribution is 5.73. The second kappa shape index (κ2) is 5.97. The number of fused-ring (bicyclic) bond motifs is 1. The summed E-state index contributed by atoms with van der Waals surface area (Å²) in [5, 5.41) is 8.40. The molecule has 0 bridgehead atoms. The zero-order valence-corrected chi connectivity index (χ0v) is 12.7. The van der Waals surface area contributed by atoms with E-state index in [4.69, 9.17) is 4.74 Å². The molecular weight excluding hydrogens is 268 g/mol. The van der Waals surface area contributed by atoms with Gasteiger partial charge in [-0.05, 0) is 31.9 Å². The van der Waals surface area contributed by atoms with E-state index < -0.39 is 0 Å². The molecule has 6 nitrogen and oxygen atoms in total. The third-order valence-electron chi connectivity index (χ3n) is 4.38. The summed E-state index contributed by atoms with van der Waals surface area (Å²) in [6, 6.07) is 4.19. The molecule has 0 aromatic carbocycles. The van der Waals surface area contributed by atoms with Crippen LogP contribution in [0, 0.1) is 6.92 Å². The van der Waals surface area contributed by atoms with Crippen molar-refractivity contribution < 1.29 is 9.53 Å². The van der Waals surface area contributed by atoms with Crippen LogP contribution in [-0.2, 0) is 9.53 Å². The quantitative estimate of drug-likeness (QED) is 0.772. The van der Waals surface area contributed by atoms with Crippen LogP contribution in [0.4, 0.5) is 5.82 Å². The summed E-state index contributed by atoms with van der Waals surface area (Å²) in [7, 11) is 0. The van der Waals surface area contributed by atoms with Gasteiger partial charge in [-0.3, -0.25) is 4.79 Å². The molecule has 2 aliphatic rings. The Hall–Kier alpha value is -1.69. The van der Waals surface area contributed by atoms with Gasteiger partial charge in [-0.2, -0.15) is 5.10 Å². The molecule has 3 heterocycles. The Morgan fingerprint density at radius 2 is 2.05 bits per heavy atom. The minimum atomic E-state index is 0.144. The maximum Gasteiger partial charge on any atom is 0.219 e. The number of aromatic nitrogens is 2. The van der Waals surface area contributed by atoms with Crippen molar-refractivity contribution >= 4 is 11.7 Å². The fourth-order valence-corrected chi connectivity index (χ4v) is 3.26. The van der Waals surface area contributed by atoms with E-state index in [1.807, 2.05) is 24.0 Å². The lowest BCUT2D eigenvalue weighted by molar-refractivity contribution is -0.144. The van der Waals surface area contributed by atoms with Gasteiger partial charge in [-0.15, -0.1) is 5.10 Å². The van der Waals surface area contributed by atoms with E-state index in [2.05, 4.69) is 15.1 Å². The number of nitrogens with zero attached hydrogens (tertiary/aromatic N) is 4. The van der Waals surface area contributed by atoms with Gasteiger partial charge in [0.2, 0.25) is 5.91 Å². The minimum absolute atomic E-state index is 0.144. The van der Waals surface area contributed by atoms with E-state index in [9.17, 15) is 4.79 Å². The largest absolute Gasteiger partial charge is 0.374 e. The third-order valence-corrected chi connectivity index (χ3v) is 4.38. The summed E-state index contributed by atoms with van der Waals surface area (Å²) in [5.74, 6) is 1.06. The molecule has 1 aromatic rings. The maximum atomic E-state index is 11.8. The Morgan fingerprint density at radius 3 is 2.76 bits per heavy atom. The summed E-state index contributed by atoms with van der Waals surface area (Å²) < 4.78 is 5.89.